The van der Waals surface area contributed by atoms with Crippen LogP contribution in [0.4, 0.5) is 5.69 Å². The summed E-state index contributed by atoms with van der Waals surface area (Å²) in [5.74, 6) is 0.491. The zero-order valence-corrected chi connectivity index (χ0v) is 22.2. The van der Waals surface area contributed by atoms with E-state index in [9.17, 15) is 9.59 Å². The molecule has 9 nitrogen and oxygen atoms in total. The normalized spacial score (nSPS) is 14.5. The molecule has 5 rings (SSSR count). The maximum Gasteiger partial charge on any atom is 0.249 e. The van der Waals surface area contributed by atoms with Gasteiger partial charge in [0, 0.05) is 6.04 Å². The van der Waals surface area contributed by atoms with Crippen LogP contribution in [0.25, 0.3) is 11.0 Å². The Morgan fingerprint density at radius 1 is 0.974 bits per heavy atom. The third-order valence-corrected chi connectivity index (χ3v) is 7.19. The van der Waals surface area contributed by atoms with Crippen LogP contribution in [0, 0.1) is 0 Å². The first-order valence-electron chi connectivity index (χ1n) is 13.3. The number of fused-ring (bicyclic) bond motifs is 1. The molecular weight excluding hydrogens is 494 g/mol. The van der Waals surface area contributed by atoms with Gasteiger partial charge in [0.25, 0.3) is 0 Å². The van der Waals surface area contributed by atoms with Crippen molar-refractivity contribution < 1.29 is 19.1 Å². The van der Waals surface area contributed by atoms with Crippen molar-refractivity contribution in [3.05, 3.63) is 78.4 Å². The monoisotopic (exact) mass is 527 g/mol. The Kier molecular flexibility index (Phi) is 8.05. The van der Waals surface area contributed by atoms with Gasteiger partial charge in [0.05, 0.1) is 25.4 Å². The molecule has 0 aliphatic heterocycles. The molecule has 0 unspecified atom stereocenters. The van der Waals surface area contributed by atoms with E-state index in [1.54, 1.807) is 37.1 Å². The van der Waals surface area contributed by atoms with E-state index in [1.807, 2.05) is 54.6 Å². The van der Waals surface area contributed by atoms with E-state index in [4.69, 9.17) is 9.47 Å². The molecule has 4 aromatic rings. The van der Waals surface area contributed by atoms with Gasteiger partial charge in [-0.2, -0.15) is 0 Å². The summed E-state index contributed by atoms with van der Waals surface area (Å²) in [5.41, 5.74) is 2.54. The van der Waals surface area contributed by atoms with Gasteiger partial charge in [0.1, 0.15) is 29.6 Å². The van der Waals surface area contributed by atoms with Gasteiger partial charge in [-0.3, -0.25) is 14.5 Å². The molecule has 1 fully saturated rings. The van der Waals surface area contributed by atoms with Crippen LogP contribution in [-0.4, -0.2) is 47.1 Å². The minimum Gasteiger partial charge on any atom is -0.497 e. The number of hydrogen-bond acceptors (Lipinski definition) is 6. The Bertz CT molecular complexity index is 1450. The van der Waals surface area contributed by atoms with E-state index in [-0.39, 0.29) is 24.4 Å². The summed E-state index contributed by atoms with van der Waals surface area (Å²) >= 11 is 0. The fourth-order valence-corrected chi connectivity index (χ4v) is 5.24. The quantitative estimate of drug-likeness (QED) is 0.340. The van der Waals surface area contributed by atoms with Gasteiger partial charge in [0.15, 0.2) is 0 Å². The number of amides is 2. The molecule has 1 saturated carbocycles. The number of para-hydroxylation sites is 3. The molecule has 39 heavy (non-hydrogen) atoms. The van der Waals surface area contributed by atoms with E-state index < -0.39 is 6.04 Å². The Balaban J connectivity index is 1.60. The average Bonchev–Trinajstić information content (AvgIpc) is 3.38. The zero-order chi connectivity index (χ0) is 27.2. The topological polar surface area (TPSA) is 98.6 Å². The molecule has 1 aromatic heterocycles. The summed E-state index contributed by atoms with van der Waals surface area (Å²) < 4.78 is 12.7. The summed E-state index contributed by atoms with van der Waals surface area (Å²) in [6.07, 6.45) is 5.16. The Labute approximate surface area is 227 Å². The Morgan fingerprint density at radius 3 is 2.54 bits per heavy atom. The van der Waals surface area contributed by atoms with E-state index in [0.29, 0.717) is 28.3 Å². The Morgan fingerprint density at radius 2 is 1.74 bits per heavy atom. The van der Waals surface area contributed by atoms with Gasteiger partial charge in [-0.1, -0.05) is 60.9 Å². The highest BCUT2D eigenvalue weighted by atomic mass is 16.5. The largest absolute Gasteiger partial charge is 0.497 e. The lowest BCUT2D eigenvalue weighted by atomic mass is 9.94. The molecule has 2 amide bonds. The van der Waals surface area contributed by atoms with Crippen LogP contribution < -0.4 is 19.7 Å². The number of nitrogens with one attached hydrogen (secondary N) is 1. The molecule has 1 aliphatic rings. The van der Waals surface area contributed by atoms with Gasteiger partial charge >= 0.3 is 0 Å². The molecule has 202 valence electrons. The predicted molar refractivity (Wildman–Crippen MR) is 149 cm³/mol. The molecule has 0 bridgehead atoms. The number of benzene rings is 3. The Hall–Kier alpha value is -4.40. The summed E-state index contributed by atoms with van der Waals surface area (Å²) in [6, 6.07) is 21.1. The van der Waals surface area contributed by atoms with Crippen molar-refractivity contribution >= 4 is 28.5 Å². The van der Waals surface area contributed by atoms with Gasteiger partial charge < -0.3 is 14.8 Å². The second-order valence-electron chi connectivity index (χ2n) is 9.69. The first-order chi connectivity index (χ1) is 19.1. The fraction of sp³-hybridized carbons (Fsp3) is 0.333. The maximum absolute atomic E-state index is 14.3. The van der Waals surface area contributed by atoms with E-state index in [2.05, 4.69) is 15.6 Å². The van der Waals surface area contributed by atoms with E-state index in [0.717, 1.165) is 31.2 Å². The van der Waals surface area contributed by atoms with Crippen molar-refractivity contribution in [2.45, 2.75) is 50.7 Å². The average molecular weight is 528 g/mol. The number of carbonyl (C=O) groups excluding carboxylic acids is 2. The third-order valence-electron chi connectivity index (χ3n) is 7.19. The SMILES string of the molecule is COc1cccc([C@@H](C(=O)NC2CCCCC2)N(C(=O)Cn2nnc3ccccc32)c2ccccc2OC)c1. The zero-order valence-electron chi connectivity index (χ0n) is 22.2. The fourth-order valence-electron chi connectivity index (χ4n) is 5.24. The standard InChI is InChI=1S/C30H33N5O4/c1-38-23-14-10-11-21(19-23)29(30(37)31-22-12-4-3-5-13-22)35(26-17-8-9-18-27(26)39-2)28(36)20-34-25-16-7-6-15-24(25)32-33-34/h6-11,14-19,22,29H,3-5,12-13,20H2,1-2H3,(H,31,37)/t29-/m0/s1. The predicted octanol–water partition coefficient (Wildman–Crippen LogP) is 4.67. The second kappa shape index (κ2) is 12.0. The molecule has 0 saturated heterocycles. The van der Waals surface area contributed by atoms with Crippen molar-refractivity contribution in [3.8, 4) is 11.5 Å². The molecule has 9 heteroatoms. The van der Waals surface area contributed by atoms with Crippen molar-refractivity contribution in [2.75, 3.05) is 19.1 Å². The van der Waals surface area contributed by atoms with Gasteiger partial charge in [-0.15, -0.1) is 5.10 Å². The summed E-state index contributed by atoms with van der Waals surface area (Å²) in [6.45, 7) is -0.115. The molecule has 3 aromatic carbocycles. The van der Waals surface area contributed by atoms with Crippen LogP contribution in [0.3, 0.4) is 0 Å². The number of rotatable bonds is 9. The molecule has 0 radical (unpaired) electrons. The van der Waals surface area contributed by atoms with Crippen molar-refractivity contribution in [2.24, 2.45) is 0 Å². The molecule has 1 heterocycles. The summed E-state index contributed by atoms with van der Waals surface area (Å²) in [5, 5.41) is 11.7. The molecule has 1 N–H and O–H groups in total. The van der Waals surface area contributed by atoms with Crippen molar-refractivity contribution in [1.29, 1.82) is 0 Å². The van der Waals surface area contributed by atoms with Gasteiger partial charge in [0.2, 0.25) is 11.8 Å². The number of hydrogen-bond donors (Lipinski definition) is 1. The van der Waals surface area contributed by atoms with Gasteiger partial charge in [-0.05, 0) is 54.8 Å². The van der Waals surface area contributed by atoms with Crippen LogP contribution >= 0.6 is 0 Å². The van der Waals surface area contributed by atoms with Crippen LogP contribution in [0.5, 0.6) is 11.5 Å². The van der Waals surface area contributed by atoms with E-state index in [1.165, 1.54) is 11.3 Å². The lowest BCUT2D eigenvalue weighted by Gasteiger charge is -2.34. The number of nitrogens with zero attached hydrogens (tertiary/aromatic N) is 4. The van der Waals surface area contributed by atoms with Crippen LogP contribution in [0.1, 0.15) is 43.7 Å². The summed E-state index contributed by atoms with van der Waals surface area (Å²) in [7, 11) is 3.13. The summed E-state index contributed by atoms with van der Waals surface area (Å²) in [4.78, 5) is 29.9. The van der Waals surface area contributed by atoms with Crippen LogP contribution in [0.15, 0.2) is 72.8 Å². The number of methoxy groups -OCH3 is 2. The molecule has 1 atom stereocenters. The number of carbonyl (C=O) groups is 2. The highest BCUT2D eigenvalue weighted by Crippen LogP contribution is 2.36. The van der Waals surface area contributed by atoms with Gasteiger partial charge in [-0.25, -0.2) is 4.68 Å². The van der Waals surface area contributed by atoms with Crippen molar-refractivity contribution in [1.82, 2.24) is 20.3 Å². The molecular formula is C30H33N5O4. The maximum atomic E-state index is 14.3. The second-order valence-corrected chi connectivity index (χ2v) is 9.69. The lowest BCUT2D eigenvalue weighted by Crippen LogP contribution is -2.48. The smallest absolute Gasteiger partial charge is 0.249 e. The highest BCUT2D eigenvalue weighted by Gasteiger charge is 2.36. The lowest BCUT2D eigenvalue weighted by molar-refractivity contribution is -0.127. The number of aromatic nitrogens is 3. The first kappa shape index (κ1) is 26.2. The highest BCUT2D eigenvalue weighted by molar-refractivity contribution is 6.02. The molecule has 0 spiro atoms. The third kappa shape index (κ3) is 5.72. The number of anilines is 1. The van der Waals surface area contributed by atoms with E-state index >= 15 is 0 Å². The van der Waals surface area contributed by atoms with Crippen molar-refractivity contribution in [3.63, 3.8) is 0 Å². The minimum absolute atomic E-state index is 0.0632. The minimum atomic E-state index is -0.972. The van der Waals surface area contributed by atoms with Crippen LogP contribution in [-0.2, 0) is 16.1 Å². The van der Waals surface area contributed by atoms with Crippen LogP contribution in [0.2, 0.25) is 0 Å². The number of ether oxygens (including phenoxy) is 2. The molecule has 1 aliphatic carbocycles. The first-order valence-corrected chi connectivity index (χ1v) is 13.3.